The number of rotatable bonds is 4. The number of carbonyl (C=O) groups is 1. The number of aryl methyl sites for hydroxylation is 2. The maximum atomic E-state index is 12.4. The largest absolute Gasteiger partial charge is 0.381 e. The van der Waals surface area contributed by atoms with E-state index in [9.17, 15) is 9.59 Å². The van der Waals surface area contributed by atoms with E-state index in [4.69, 9.17) is 9.72 Å². The average Bonchev–Trinajstić information content (AvgIpc) is 3.17. The Morgan fingerprint density at radius 1 is 1.32 bits per heavy atom. The van der Waals surface area contributed by atoms with Gasteiger partial charge in [-0.2, -0.15) is 0 Å². The van der Waals surface area contributed by atoms with E-state index < -0.39 is 0 Å². The monoisotopic (exact) mass is 380 g/mol. The number of fused-ring (bicyclic) bond motifs is 1. The third-order valence-corrected chi connectivity index (χ3v) is 5.33. The van der Waals surface area contributed by atoms with E-state index >= 15 is 0 Å². The van der Waals surface area contributed by atoms with Gasteiger partial charge in [0.1, 0.15) is 11.3 Å². The third-order valence-electron chi connectivity index (χ3n) is 5.33. The molecule has 2 N–H and O–H groups in total. The first-order chi connectivity index (χ1) is 13.5. The highest BCUT2D eigenvalue weighted by atomic mass is 16.5. The molecule has 0 bridgehead atoms. The number of aromatic amines is 1. The zero-order valence-electron chi connectivity index (χ0n) is 16.1. The normalized spacial score (nSPS) is 15.1. The second kappa shape index (κ2) is 7.59. The molecule has 0 aromatic carbocycles. The highest BCUT2D eigenvalue weighted by Crippen LogP contribution is 2.29. The minimum absolute atomic E-state index is 0.0264. The van der Waals surface area contributed by atoms with Crippen molar-refractivity contribution in [2.75, 3.05) is 18.5 Å². The van der Waals surface area contributed by atoms with Crippen molar-refractivity contribution in [2.45, 2.75) is 26.2 Å². The van der Waals surface area contributed by atoms with Crippen molar-refractivity contribution in [2.24, 2.45) is 13.0 Å². The lowest BCUT2D eigenvalue weighted by Crippen LogP contribution is -2.22. The van der Waals surface area contributed by atoms with E-state index in [1.807, 2.05) is 25.1 Å². The fourth-order valence-corrected chi connectivity index (χ4v) is 3.74. The number of anilines is 1. The van der Waals surface area contributed by atoms with Crippen molar-refractivity contribution >= 4 is 22.6 Å². The summed E-state index contributed by atoms with van der Waals surface area (Å²) in [6.07, 6.45) is 5.87. The Morgan fingerprint density at radius 2 is 2.11 bits per heavy atom. The van der Waals surface area contributed by atoms with Crippen LogP contribution in [0.1, 0.15) is 24.8 Å². The van der Waals surface area contributed by atoms with E-state index in [0.29, 0.717) is 23.7 Å². The molecule has 0 radical (unpaired) electrons. The first-order valence-corrected chi connectivity index (χ1v) is 9.55. The van der Waals surface area contributed by atoms with Crippen LogP contribution in [0.25, 0.3) is 22.2 Å². The van der Waals surface area contributed by atoms with Gasteiger partial charge in [0.15, 0.2) is 0 Å². The number of amides is 1. The Morgan fingerprint density at radius 3 is 2.89 bits per heavy atom. The highest BCUT2D eigenvalue weighted by molar-refractivity contribution is 5.95. The Bertz CT molecular complexity index is 1080. The van der Waals surface area contributed by atoms with Gasteiger partial charge < -0.3 is 19.6 Å². The molecule has 0 saturated carbocycles. The Labute approximate surface area is 162 Å². The van der Waals surface area contributed by atoms with Crippen LogP contribution in [0.5, 0.6) is 0 Å². The molecule has 1 fully saturated rings. The van der Waals surface area contributed by atoms with E-state index in [0.717, 1.165) is 48.3 Å². The summed E-state index contributed by atoms with van der Waals surface area (Å²) in [6.45, 7) is 3.42. The molecular weight excluding hydrogens is 356 g/mol. The minimum atomic E-state index is -0.0812. The summed E-state index contributed by atoms with van der Waals surface area (Å²) in [5.74, 6) is 0.860. The lowest BCUT2D eigenvalue weighted by atomic mass is 9.96. The van der Waals surface area contributed by atoms with Crippen molar-refractivity contribution < 1.29 is 9.53 Å². The quantitative estimate of drug-likeness (QED) is 0.728. The molecule has 1 amide bonds. The van der Waals surface area contributed by atoms with Gasteiger partial charge in [0, 0.05) is 50.0 Å². The standard InChI is InChI=1S/C21H24N4O3/c1-13-3-4-17(23-18(26)11-14-6-9-28-10-7-14)24-19(13)16-12-25(2)21(27)20-15(16)5-8-22-20/h3-5,8,12,14,22H,6-7,9-11H2,1-2H3,(H,23,24,26). The smallest absolute Gasteiger partial charge is 0.274 e. The number of hydrogen-bond acceptors (Lipinski definition) is 4. The van der Waals surface area contributed by atoms with Crippen LogP contribution < -0.4 is 10.9 Å². The van der Waals surface area contributed by atoms with Crippen LogP contribution in [-0.4, -0.2) is 33.7 Å². The summed E-state index contributed by atoms with van der Waals surface area (Å²) >= 11 is 0. The SMILES string of the molecule is Cc1ccc(NC(=O)CC2CCOCC2)nc1-c1cn(C)c(=O)c2[nH]ccc12. The summed E-state index contributed by atoms with van der Waals surface area (Å²) in [4.78, 5) is 32.4. The molecule has 1 aliphatic heterocycles. The molecule has 3 aromatic rings. The lowest BCUT2D eigenvalue weighted by molar-refractivity contribution is -0.117. The maximum absolute atomic E-state index is 12.4. The number of aromatic nitrogens is 3. The fraction of sp³-hybridized carbons (Fsp3) is 0.381. The molecule has 7 nitrogen and oxygen atoms in total. The maximum Gasteiger partial charge on any atom is 0.274 e. The van der Waals surface area contributed by atoms with Crippen molar-refractivity contribution in [3.63, 3.8) is 0 Å². The first kappa shape index (κ1) is 18.4. The van der Waals surface area contributed by atoms with Gasteiger partial charge in [-0.05, 0) is 43.4 Å². The van der Waals surface area contributed by atoms with Crippen LogP contribution in [0.2, 0.25) is 0 Å². The predicted octanol–water partition coefficient (Wildman–Crippen LogP) is 2.99. The molecule has 0 aliphatic carbocycles. The number of hydrogen-bond donors (Lipinski definition) is 2. The van der Waals surface area contributed by atoms with Gasteiger partial charge in [-0.25, -0.2) is 4.98 Å². The number of H-pyrrole nitrogens is 1. The van der Waals surface area contributed by atoms with Crippen molar-refractivity contribution in [3.05, 3.63) is 46.5 Å². The Kier molecular flexibility index (Phi) is 5.00. The van der Waals surface area contributed by atoms with E-state index in [1.165, 1.54) is 0 Å². The van der Waals surface area contributed by atoms with E-state index in [1.54, 1.807) is 24.0 Å². The Hall–Kier alpha value is -2.93. The minimum Gasteiger partial charge on any atom is -0.381 e. The van der Waals surface area contributed by atoms with Crippen LogP contribution in [-0.2, 0) is 16.6 Å². The van der Waals surface area contributed by atoms with Gasteiger partial charge >= 0.3 is 0 Å². The van der Waals surface area contributed by atoms with Gasteiger partial charge in [0.2, 0.25) is 5.91 Å². The zero-order valence-corrected chi connectivity index (χ0v) is 16.1. The molecular formula is C21H24N4O3. The molecule has 0 unspecified atom stereocenters. The molecule has 4 rings (SSSR count). The summed E-state index contributed by atoms with van der Waals surface area (Å²) in [7, 11) is 1.72. The number of pyridine rings is 2. The number of ether oxygens (including phenoxy) is 1. The van der Waals surface area contributed by atoms with Crippen molar-refractivity contribution in [1.29, 1.82) is 0 Å². The van der Waals surface area contributed by atoms with Gasteiger partial charge in [-0.15, -0.1) is 0 Å². The number of nitrogens with one attached hydrogen (secondary N) is 2. The first-order valence-electron chi connectivity index (χ1n) is 9.55. The lowest BCUT2D eigenvalue weighted by Gasteiger charge is -2.21. The van der Waals surface area contributed by atoms with E-state index in [2.05, 4.69) is 10.3 Å². The molecule has 7 heteroatoms. The molecule has 0 spiro atoms. The molecule has 3 aromatic heterocycles. The molecule has 146 valence electrons. The van der Waals surface area contributed by atoms with Gasteiger partial charge in [0.05, 0.1) is 5.69 Å². The topological polar surface area (TPSA) is 89.0 Å². The summed E-state index contributed by atoms with van der Waals surface area (Å²) < 4.78 is 6.90. The van der Waals surface area contributed by atoms with Crippen LogP contribution >= 0.6 is 0 Å². The van der Waals surface area contributed by atoms with Crippen LogP contribution in [0.3, 0.4) is 0 Å². The second-order valence-electron chi connectivity index (χ2n) is 7.40. The molecule has 0 atom stereocenters. The van der Waals surface area contributed by atoms with Gasteiger partial charge in [0.25, 0.3) is 5.56 Å². The molecule has 28 heavy (non-hydrogen) atoms. The summed E-state index contributed by atoms with van der Waals surface area (Å²) in [6, 6.07) is 5.64. The Balaban J connectivity index is 1.63. The van der Waals surface area contributed by atoms with E-state index in [-0.39, 0.29) is 11.5 Å². The third kappa shape index (κ3) is 3.57. The second-order valence-corrected chi connectivity index (χ2v) is 7.40. The predicted molar refractivity (Wildman–Crippen MR) is 108 cm³/mol. The number of carbonyl (C=O) groups excluding carboxylic acids is 1. The molecule has 1 saturated heterocycles. The average molecular weight is 380 g/mol. The van der Waals surface area contributed by atoms with Gasteiger partial charge in [-0.1, -0.05) is 6.07 Å². The van der Waals surface area contributed by atoms with Crippen molar-refractivity contribution in [3.8, 4) is 11.3 Å². The number of nitrogens with zero attached hydrogens (tertiary/aromatic N) is 2. The van der Waals surface area contributed by atoms with Gasteiger partial charge in [-0.3, -0.25) is 9.59 Å². The highest BCUT2D eigenvalue weighted by Gasteiger charge is 2.18. The zero-order chi connectivity index (χ0) is 19.7. The van der Waals surface area contributed by atoms with Crippen LogP contribution in [0, 0.1) is 12.8 Å². The molecule has 4 heterocycles. The van der Waals surface area contributed by atoms with Crippen LogP contribution in [0.4, 0.5) is 5.82 Å². The summed E-state index contributed by atoms with van der Waals surface area (Å²) in [5, 5.41) is 3.75. The molecule has 1 aliphatic rings. The fourth-order valence-electron chi connectivity index (χ4n) is 3.74. The van der Waals surface area contributed by atoms with Crippen LogP contribution in [0.15, 0.2) is 35.4 Å². The van der Waals surface area contributed by atoms with Crippen molar-refractivity contribution in [1.82, 2.24) is 14.5 Å². The summed E-state index contributed by atoms with van der Waals surface area (Å²) in [5.41, 5.74) is 3.06.